The number of hydrogen-bond acceptors (Lipinski definition) is 2. The van der Waals surface area contributed by atoms with Crippen molar-refractivity contribution in [1.82, 2.24) is 0 Å². The van der Waals surface area contributed by atoms with Gasteiger partial charge in [0.25, 0.3) is 0 Å². The second kappa shape index (κ2) is 5.61. The van der Waals surface area contributed by atoms with Gasteiger partial charge >= 0.3 is 0 Å². The fourth-order valence-corrected chi connectivity index (χ4v) is 3.43. The van der Waals surface area contributed by atoms with Crippen molar-refractivity contribution in [3.05, 3.63) is 33.8 Å². The second-order valence-electron chi connectivity index (χ2n) is 5.50. The van der Waals surface area contributed by atoms with E-state index in [4.69, 9.17) is 32.7 Å². The van der Waals surface area contributed by atoms with Gasteiger partial charge in [0.05, 0.1) is 23.3 Å². The fourth-order valence-electron chi connectivity index (χ4n) is 3.11. The average Bonchev–Trinajstić information content (AvgIpc) is 2.86. The zero-order valence-corrected chi connectivity index (χ0v) is 12.3. The Morgan fingerprint density at radius 2 is 1.74 bits per heavy atom. The van der Waals surface area contributed by atoms with E-state index >= 15 is 0 Å². The molecule has 1 saturated carbocycles. The Bertz CT molecular complexity index is 445. The van der Waals surface area contributed by atoms with E-state index < -0.39 is 0 Å². The molecule has 0 N–H and O–H groups in total. The van der Waals surface area contributed by atoms with E-state index in [-0.39, 0.29) is 5.79 Å². The molecule has 1 aliphatic heterocycles. The first-order valence-electron chi connectivity index (χ1n) is 6.89. The molecule has 1 aliphatic carbocycles. The highest BCUT2D eigenvalue weighted by Crippen LogP contribution is 2.39. The van der Waals surface area contributed by atoms with Crippen molar-refractivity contribution in [2.45, 2.75) is 37.9 Å². The molecule has 1 heterocycles. The third-order valence-electron chi connectivity index (χ3n) is 4.19. The molecule has 0 bridgehead atoms. The summed E-state index contributed by atoms with van der Waals surface area (Å²) >= 11 is 12.0. The Hall–Kier alpha value is -0.280. The molecular formula is C15H18Cl2O2. The molecular weight excluding hydrogens is 283 g/mol. The normalized spacial score (nSPS) is 23.1. The van der Waals surface area contributed by atoms with E-state index in [1.54, 1.807) is 0 Å². The largest absolute Gasteiger partial charge is 0.348 e. The molecule has 104 valence electrons. The predicted molar refractivity (Wildman–Crippen MR) is 76.8 cm³/mol. The molecule has 0 unspecified atom stereocenters. The Balaban J connectivity index is 1.58. The van der Waals surface area contributed by atoms with Gasteiger partial charge in [-0.05, 0) is 42.9 Å². The van der Waals surface area contributed by atoms with Crippen LogP contribution in [-0.4, -0.2) is 19.0 Å². The lowest BCUT2D eigenvalue weighted by molar-refractivity contribution is -0.182. The first-order chi connectivity index (χ1) is 9.17. The SMILES string of the molecule is Clc1ccc(CC2CCC3(CC2)OCCO3)cc1Cl. The molecule has 19 heavy (non-hydrogen) atoms. The van der Waals surface area contributed by atoms with Crippen molar-refractivity contribution in [2.24, 2.45) is 5.92 Å². The lowest BCUT2D eigenvalue weighted by Gasteiger charge is -2.35. The lowest BCUT2D eigenvalue weighted by atomic mass is 9.81. The highest BCUT2D eigenvalue weighted by atomic mass is 35.5. The zero-order chi connectivity index (χ0) is 13.3. The molecule has 1 saturated heterocycles. The minimum Gasteiger partial charge on any atom is -0.348 e. The number of hydrogen-bond donors (Lipinski definition) is 0. The van der Waals surface area contributed by atoms with Gasteiger partial charge in [0, 0.05) is 12.8 Å². The van der Waals surface area contributed by atoms with Crippen molar-refractivity contribution in [3.8, 4) is 0 Å². The number of benzene rings is 1. The molecule has 0 radical (unpaired) electrons. The van der Waals surface area contributed by atoms with Gasteiger partial charge in [-0.1, -0.05) is 29.3 Å². The molecule has 1 aromatic rings. The van der Waals surface area contributed by atoms with Crippen LogP contribution in [0.15, 0.2) is 18.2 Å². The van der Waals surface area contributed by atoms with Crippen LogP contribution in [0.3, 0.4) is 0 Å². The molecule has 0 amide bonds. The zero-order valence-electron chi connectivity index (χ0n) is 10.8. The molecule has 0 aromatic heterocycles. The summed E-state index contributed by atoms with van der Waals surface area (Å²) in [4.78, 5) is 0. The van der Waals surface area contributed by atoms with E-state index in [1.807, 2.05) is 12.1 Å². The van der Waals surface area contributed by atoms with E-state index in [9.17, 15) is 0 Å². The number of ether oxygens (including phenoxy) is 2. The first kappa shape index (κ1) is 13.7. The maximum absolute atomic E-state index is 6.06. The lowest BCUT2D eigenvalue weighted by Crippen LogP contribution is -2.35. The summed E-state index contributed by atoms with van der Waals surface area (Å²) < 4.78 is 11.5. The van der Waals surface area contributed by atoms with Gasteiger partial charge in [-0.2, -0.15) is 0 Å². The van der Waals surface area contributed by atoms with Gasteiger partial charge in [0.2, 0.25) is 0 Å². The maximum atomic E-state index is 6.06. The summed E-state index contributed by atoms with van der Waals surface area (Å²) in [5.74, 6) is 0.435. The Kier molecular flexibility index (Phi) is 4.04. The van der Waals surface area contributed by atoms with Gasteiger partial charge in [-0.15, -0.1) is 0 Å². The standard InChI is InChI=1S/C15H18Cl2O2/c16-13-2-1-12(10-14(13)17)9-11-3-5-15(6-4-11)18-7-8-19-15/h1-2,10-11H,3-9H2. The van der Waals surface area contributed by atoms with Crippen LogP contribution in [0.25, 0.3) is 0 Å². The van der Waals surface area contributed by atoms with Crippen LogP contribution in [-0.2, 0) is 15.9 Å². The van der Waals surface area contributed by atoms with Crippen molar-refractivity contribution in [2.75, 3.05) is 13.2 Å². The van der Waals surface area contributed by atoms with Crippen molar-refractivity contribution in [1.29, 1.82) is 0 Å². The van der Waals surface area contributed by atoms with Crippen LogP contribution >= 0.6 is 23.2 Å². The van der Waals surface area contributed by atoms with Gasteiger partial charge in [-0.25, -0.2) is 0 Å². The Morgan fingerprint density at radius 1 is 1.05 bits per heavy atom. The molecule has 1 aromatic carbocycles. The minimum atomic E-state index is -0.256. The average molecular weight is 301 g/mol. The topological polar surface area (TPSA) is 18.5 Å². The fraction of sp³-hybridized carbons (Fsp3) is 0.600. The van der Waals surface area contributed by atoms with Crippen LogP contribution in [0, 0.1) is 5.92 Å². The molecule has 0 atom stereocenters. The monoisotopic (exact) mass is 300 g/mol. The highest BCUT2D eigenvalue weighted by molar-refractivity contribution is 6.42. The quantitative estimate of drug-likeness (QED) is 0.802. The van der Waals surface area contributed by atoms with Gasteiger partial charge in [0.1, 0.15) is 0 Å². The van der Waals surface area contributed by atoms with Crippen LogP contribution in [0.2, 0.25) is 10.0 Å². The summed E-state index contributed by atoms with van der Waals surface area (Å²) in [5, 5.41) is 1.27. The third kappa shape index (κ3) is 3.08. The minimum absolute atomic E-state index is 0.256. The number of halogens is 2. The van der Waals surface area contributed by atoms with Crippen molar-refractivity contribution < 1.29 is 9.47 Å². The molecule has 4 heteroatoms. The highest BCUT2D eigenvalue weighted by Gasteiger charge is 2.40. The predicted octanol–water partition coefficient (Wildman–Crippen LogP) is 4.47. The van der Waals surface area contributed by atoms with Gasteiger partial charge in [0.15, 0.2) is 5.79 Å². The van der Waals surface area contributed by atoms with Crippen LogP contribution in [0.1, 0.15) is 31.2 Å². The van der Waals surface area contributed by atoms with Crippen molar-refractivity contribution in [3.63, 3.8) is 0 Å². The Morgan fingerprint density at radius 3 is 2.37 bits per heavy atom. The van der Waals surface area contributed by atoms with E-state index in [0.29, 0.717) is 16.0 Å². The van der Waals surface area contributed by atoms with E-state index in [0.717, 1.165) is 45.3 Å². The van der Waals surface area contributed by atoms with Crippen LogP contribution in [0.4, 0.5) is 0 Å². The van der Waals surface area contributed by atoms with E-state index in [2.05, 4.69) is 6.07 Å². The second-order valence-corrected chi connectivity index (χ2v) is 6.32. The maximum Gasteiger partial charge on any atom is 0.168 e. The van der Waals surface area contributed by atoms with E-state index in [1.165, 1.54) is 5.56 Å². The van der Waals surface area contributed by atoms with Crippen LogP contribution in [0.5, 0.6) is 0 Å². The van der Waals surface area contributed by atoms with Gasteiger partial charge in [-0.3, -0.25) is 0 Å². The first-order valence-corrected chi connectivity index (χ1v) is 7.64. The molecule has 2 fully saturated rings. The summed E-state index contributed by atoms with van der Waals surface area (Å²) in [6.07, 6.45) is 5.39. The third-order valence-corrected chi connectivity index (χ3v) is 4.93. The van der Waals surface area contributed by atoms with Crippen LogP contribution < -0.4 is 0 Å². The molecule has 2 nitrogen and oxygen atoms in total. The summed E-state index contributed by atoms with van der Waals surface area (Å²) in [5.41, 5.74) is 1.27. The molecule has 2 aliphatic rings. The smallest absolute Gasteiger partial charge is 0.168 e. The summed E-state index contributed by atoms with van der Waals surface area (Å²) in [7, 11) is 0. The molecule has 1 spiro atoms. The Labute approximate surface area is 124 Å². The summed E-state index contributed by atoms with van der Waals surface area (Å²) in [6.45, 7) is 1.49. The van der Waals surface area contributed by atoms with Gasteiger partial charge < -0.3 is 9.47 Å². The van der Waals surface area contributed by atoms with Crippen molar-refractivity contribution >= 4 is 23.2 Å². The molecule has 3 rings (SSSR count). The summed E-state index contributed by atoms with van der Waals surface area (Å²) in [6, 6.07) is 5.94. The number of rotatable bonds is 2.